The minimum atomic E-state index is -2.04. The van der Waals surface area contributed by atoms with Crippen LogP contribution in [-0.4, -0.2) is 102 Å². The van der Waals surface area contributed by atoms with Crippen molar-refractivity contribution < 1.29 is 54.2 Å². The number of aromatic amines is 1. The number of aliphatic hydroxyl groups is 3. The van der Waals surface area contributed by atoms with E-state index in [2.05, 4.69) is 4.74 Å². The fourth-order valence-corrected chi connectivity index (χ4v) is 3.21. The van der Waals surface area contributed by atoms with Crippen LogP contribution in [0.25, 0.3) is 0 Å². The van der Waals surface area contributed by atoms with Crippen molar-refractivity contribution in [2.24, 2.45) is 11.5 Å². The molecule has 1 saturated heterocycles. The summed E-state index contributed by atoms with van der Waals surface area (Å²) >= 11 is 0. The Balaban J connectivity index is 2.21. The van der Waals surface area contributed by atoms with Gasteiger partial charge in [-0.05, 0) is 0 Å². The molecule has 11 N–H and O–H groups in total. The van der Waals surface area contributed by atoms with Crippen LogP contribution in [0.3, 0.4) is 0 Å². The summed E-state index contributed by atoms with van der Waals surface area (Å²) in [6.07, 6.45) is -10.3. The first-order valence-electron chi connectivity index (χ1n) is 9.74. The highest BCUT2D eigenvalue weighted by molar-refractivity contribution is 5.87. The second-order valence-corrected chi connectivity index (χ2v) is 7.44. The molecule has 0 radical (unpaired) electrons. The van der Waals surface area contributed by atoms with Gasteiger partial charge < -0.3 is 51.8 Å². The second-order valence-electron chi connectivity index (χ2n) is 7.44. The highest BCUT2D eigenvalue weighted by atomic mass is 16.6. The Morgan fingerprint density at radius 1 is 1.20 bits per heavy atom. The molecule has 194 valence electrons. The summed E-state index contributed by atoms with van der Waals surface area (Å²) in [4.78, 5) is 71.2. The molecule has 18 heteroatoms. The fourth-order valence-electron chi connectivity index (χ4n) is 3.21. The number of primary amides is 1. The van der Waals surface area contributed by atoms with Crippen molar-refractivity contribution in [3.05, 3.63) is 32.6 Å². The molecular formula is C17H23N5O13. The zero-order chi connectivity index (χ0) is 26.6. The van der Waals surface area contributed by atoms with Crippen molar-refractivity contribution in [1.29, 1.82) is 0 Å². The number of ether oxygens (including phenoxy) is 2. The van der Waals surface area contributed by atoms with E-state index in [1.807, 2.05) is 5.32 Å². The number of amides is 2. The molecule has 0 aromatic carbocycles. The van der Waals surface area contributed by atoms with E-state index in [0.29, 0.717) is 10.8 Å². The molecule has 0 bridgehead atoms. The van der Waals surface area contributed by atoms with Gasteiger partial charge in [0.2, 0.25) is 5.91 Å². The van der Waals surface area contributed by atoms with Crippen molar-refractivity contribution in [2.45, 2.75) is 49.1 Å². The van der Waals surface area contributed by atoms with E-state index < -0.39 is 96.5 Å². The van der Waals surface area contributed by atoms with Gasteiger partial charge in [0.15, 0.2) is 12.3 Å². The van der Waals surface area contributed by atoms with E-state index in [4.69, 9.17) is 21.3 Å². The van der Waals surface area contributed by atoms with Crippen molar-refractivity contribution in [3.8, 4) is 0 Å². The molecule has 18 nitrogen and oxygen atoms in total. The molecule has 2 rings (SSSR count). The Morgan fingerprint density at radius 2 is 1.83 bits per heavy atom. The second kappa shape index (κ2) is 11.1. The fraction of sp³-hybridized carbons (Fsp3) is 0.529. The van der Waals surface area contributed by atoms with Crippen LogP contribution >= 0.6 is 0 Å². The third-order valence-electron chi connectivity index (χ3n) is 4.92. The van der Waals surface area contributed by atoms with Gasteiger partial charge in [0, 0.05) is 12.6 Å². The lowest BCUT2D eigenvalue weighted by Gasteiger charge is -2.25. The van der Waals surface area contributed by atoms with Crippen molar-refractivity contribution in [3.63, 3.8) is 0 Å². The Kier molecular flexibility index (Phi) is 8.66. The molecule has 0 aliphatic carbocycles. The normalized spacial score (nSPS) is 24.2. The number of carboxylic acids is 2. The summed E-state index contributed by atoms with van der Waals surface area (Å²) in [6.45, 7) is -0.594. The maximum atomic E-state index is 12.3. The molecule has 2 heterocycles. The number of carbonyl (C=O) groups excluding carboxylic acids is 2. The van der Waals surface area contributed by atoms with Crippen molar-refractivity contribution in [1.82, 2.24) is 14.9 Å². The van der Waals surface area contributed by atoms with Crippen LogP contribution in [0.5, 0.6) is 0 Å². The number of nitrogens with zero attached hydrogens (tertiary/aromatic N) is 1. The molecule has 1 aliphatic rings. The number of nitrogens with two attached hydrogens (primary N) is 2. The maximum Gasteiger partial charge on any atom is 0.404 e. The van der Waals surface area contributed by atoms with Crippen LogP contribution in [0.2, 0.25) is 0 Å². The van der Waals surface area contributed by atoms with Crippen LogP contribution in [-0.2, 0) is 19.1 Å². The average Bonchev–Trinajstić information content (AvgIpc) is 3.04. The van der Waals surface area contributed by atoms with E-state index in [1.54, 1.807) is 4.98 Å². The summed E-state index contributed by atoms with van der Waals surface area (Å²) in [5, 5.41) is 50.9. The monoisotopic (exact) mass is 505 g/mol. The molecule has 1 aromatic rings. The Labute approximate surface area is 193 Å². The van der Waals surface area contributed by atoms with Gasteiger partial charge in [0.05, 0.1) is 12.1 Å². The van der Waals surface area contributed by atoms with E-state index >= 15 is 0 Å². The third-order valence-corrected chi connectivity index (χ3v) is 4.92. The quantitative estimate of drug-likeness (QED) is 0.143. The standard InChI is InChI=1S/C17H23N5O13/c18-6(1-4(23)3-34-16(19)32)12(27)20-7(15(30)31)10-8(24)9(25)13(35-10)22-2-5(14(28)29)11(26)21-17(22)33/h2,4,6-10,13,23-25H,1,3,18H2,(H2,19,32)(H,20,27)(H,28,29)(H,30,31)(H,21,26,33)/t4-,6-,7+,8-,9+,10+,13+/m0/s1. The van der Waals surface area contributed by atoms with Crippen molar-refractivity contribution >= 4 is 23.9 Å². The van der Waals surface area contributed by atoms with Gasteiger partial charge in [-0.3, -0.25) is 19.1 Å². The van der Waals surface area contributed by atoms with Gasteiger partial charge in [0.1, 0.15) is 30.5 Å². The maximum absolute atomic E-state index is 12.3. The van der Waals surface area contributed by atoms with Crippen molar-refractivity contribution in [2.75, 3.05) is 6.61 Å². The molecule has 0 spiro atoms. The summed E-state index contributed by atoms with van der Waals surface area (Å²) in [6, 6.07) is -3.57. The number of aliphatic hydroxyl groups excluding tert-OH is 3. The number of aromatic nitrogens is 2. The highest BCUT2D eigenvalue weighted by Crippen LogP contribution is 2.30. The molecule has 35 heavy (non-hydrogen) atoms. The molecule has 1 fully saturated rings. The van der Waals surface area contributed by atoms with Gasteiger partial charge in [-0.2, -0.15) is 0 Å². The van der Waals surface area contributed by atoms with Gasteiger partial charge in [-0.1, -0.05) is 0 Å². The molecule has 7 atom stereocenters. The predicted octanol–water partition coefficient (Wildman–Crippen LogP) is -5.40. The summed E-state index contributed by atoms with van der Waals surface area (Å²) in [5.74, 6) is -4.61. The zero-order valence-corrected chi connectivity index (χ0v) is 17.6. The number of hydrogen-bond donors (Lipinski definition) is 9. The minimum absolute atomic E-state index is 0.431. The number of aromatic carboxylic acids is 1. The van der Waals surface area contributed by atoms with Crippen LogP contribution in [0, 0.1) is 0 Å². The zero-order valence-electron chi connectivity index (χ0n) is 17.6. The van der Waals surface area contributed by atoms with Gasteiger partial charge in [-0.15, -0.1) is 0 Å². The number of carboxylic acid groups (broad SMARTS) is 2. The first-order chi connectivity index (χ1) is 16.2. The van der Waals surface area contributed by atoms with Gasteiger partial charge in [0.25, 0.3) is 5.56 Å². The summed E-state index contributed by atoms with van der Waals surface area (Å²) < 4.78 is 10.0. The number of H-pyrrole nitrogens is 1. The van der Waals surface area contributed by atoms with Gasteiger partial charge >= 0.3 is 23.7 Å². The Morgan fingerprint density at radius 3 is 2.37 bits per heavy atom. The smallest absolute Gasteiger partial charge is 0.404 e. The molecule has 1 aromatic heterocycles. The van der Waals surface area contributed by atoms with E-state index in [1.165, 1.54) is 0 Å². The average molecular weight is 505 g/mol. The highest BCUT2D eigenvalue weighted by Gasteiger charge is 2.50. The van der Waals surface area contributed by atoms with Crippen LogP contribution < -0.4 is 28.0 Å². The van der Waals surface area contributed by atoms with Crippen LogP contribution in [0.15, 0.2) is 15.8 Å². The molecule has 0 unspecified atom stereocenters. The number of rotatable bonds is 10. The van der Waals surface area contributed by atoms with E-state index in [9.17, 15) is 49.2 Å². The predicted molar refractivity (Wildman–Crippen MR) is 108 cm³/mol. The SMILES string of the molecule is NC(=O)OC[C@@H](O)C[C@H](N)C(=O)N[C@@H](C(=O)O)[C@H]1O[C@@H](n2cc(C(=O)O)c(=O)[nH]c2=O)[C@H](O)[C@@H]1O. The summed E-state index contributed by atoms with van der Waals surface area (Å²) in [7, 11) is 0. The third kappa shape index (κ3) is 6.39. The topological polar surface area (TPSA) is 307 Å². The van der Waals surface area contributed by atoms with E-state index in [0.717, 1.165) is 0 Å². The number of hydrogen-bond acceptors (Lipinski definition) is 12. The Hall–Kier alpha value is -3.84. The number of aliphatic carboxylic acids is 1. The molecule has 2 amide bonds. The van der Waals surface area contributed by atoms with Crippen LogP contribution in [0.4, 0.5) is 4.79 Å². The van der Waals surface area contributed by atoms with E-state index in [-0.39, 0.29) is 0 Å². The lowest BCUT2D eigenvalue weighted by Crippen LogP contribution is -2.56. The lowest BCUT2D eigenvalue weighted by molar-refractivity contribution is -0.149. The summed E-state index contributed by atoms with van der Waals surface area (Å²) in [5.41, 5.74) is 6.95. The first kappa shape index (κ1) is 27.4. The first-order valence-corrected chi connectivity index (χ1v) is 9.74. The Bertz CT molecular complexity index is 1100. The molecular weight excluding hydrogens is 482 g/mol. The lowest BCUT2D eigenvalue weighted by atomic mass is 10.0. The number of nitrogens with one attached hydrogen (secondary N) is 2. The van der Waals surface area contributed by atoms with Gasteiger partial charge in [-0.25, -0.2) is 19.2 Å². The minimum Gasteiger partial charge on any atom is -0.480 e. The molecule has 0 saturated carbocycles. The largest absolute Gasteiger partial charge is 0.480 e. The van der Waals surface area contributed by atoms with Crippen LogP contribution in [0.1, 0.15) is 23.0 Å². The number of carbonyl (C=O) groups is 4. The molecule has 1 aliphatic heterocycles.